The molecule has 126 heavy (non-hydrogen) atoms. The highest BCUT2D eigenvalue weighted by molar-refractivity contribution is 6.01. The molecule has 0 unspecified atom stereocenters. The second-order valence-electron chi connectivity index (χ2n) is 35.3. The van der Waals surface area contributed by atoms with Crippen LogP contribution in [0, 0.1) is 0 Å². The molecule has 596 valence electrons. The smallest absolute Gasteiger partial charge is 0.0713 e. The van der Waals surface area contributed by atoms with E-state index >= 15 is 0 Å². The quantitative estimate of drug-likeness (QED) is 0.107. The van der Waals surface area contributed by atoms with Crippen molar-refractivity contribution in [1.82, 2.24) is 0 Å². The zero-order valence-electron chi connectivity index (χ0n) is 70.9. The lowest BCUT2D eigenvalue weighted by molar-refractivity contribution is 0.660. The number of para-hydroxylation sites is 2. The Bertz CT molecular complexity index is 7430. The van der Waals surface area contributed by atoms with Crippen molar-refractivity contribution in [3.05, 3.63) is 540 Å². The van der Waals surface area contributed by atoms with E-state index < -0.39 is 10.8 Å². The average Bonchev–Trinajstić information content (AvgIpc) is 1.53. The largest absolute Gasteiger partial charge is 0.310 e. The molecule has 0 saturated heterocycles. The third kappa shape index (κ3) is 12.0. The van der Waals surface area contributed by atoms with Crippen LogP contribution in [0.15, 0.2) is 473 Å². The lowest BCUT2D eigenvalue weighted by atomic mass is 9.67. The van der Waals surface area contributed by atoms with Crippen molar-refractivity contribution in [2.24, 2.45) is 0 Å². The first-order chi connectivity index (χ1) is 62.0. The van der Waals surface area contributed by atoms with Gasteiger partial charge in [-0.2, -0.15) is 0 Å². The minimum atomic E-state index is -0.437. The maximum absolute atomic E-state index is 2.49. The summed E-state index contributed by atoms with van der Waals surface area (Å²) in [6.07, 6.45) is 0. The molecule has 0 fully saturated rings. The molecule has 0 N–H and O–H groups in total. The molecule has 0 heterocycles. The van der Waals surface area contributed by atoms with Crippen LogP contribution in [0.3, 0.4) is 0 Å². The van der Waals surface area contributed by atoms with Gasteiger partial charge < -0.3 is 9.80 Å². The van der Waals surface area contributed by atoms with Crippen LogP contribution in [0.25, 0.3) is 111 Å². The molecule has 0 atom stereocenters. The molecule has 20 aromatic rings. The Labute approximate surface area is 738 Å². The fourth-order valence-corrected chi connectivity index (χ4v) is 22.0. The van der Waals surface area contributed by atoms with E-state index in [0.717, 1.165) is 34.1 Å². The van der Waals surface area contributed by atoms with Crippen LogP contribution in [0.1, 0.15) is 94.5 Å². The Balaban J connectivity index is 0.000000145. The molecule has 4 aliphatic carbocycles. The number of hydrogen-bond donors (Lipinski definition) is 0. The van der Waals surface area contributed by atoms with Crippen molar-refractivity contribution in [3.8, 4) is 89.0 Å². The van der Waals surface area contributed by atoms with Crippen LogP contribution in [0.4, 0.5) is 34.1 Å². The molecule has 0 spiro atoms. The van der Waals surface area contributed by atoms with Crippen LogP contribution in [0.5, 0.6) is 0 Å². The van der Waals surface area contributed by atoms with Gasteiger partial charge in [-0.05, 0) is 268 Å². The molecule has 0 saturated carbocycles. The first-order valence-electron chi connectivity index (χ1n) is 44.2. The lowest BCUT2D eigenvalue weighted by Crippen LogP contribution is -2.28. The van der Waals surface area contributed by atoms with Gasteiger partial charge in [0.25, 0.3) is 0 Å². The molecular weight excluding hydrogens is 1520 g/mol. The summed E-state index contributed by atoms with van der Waals surface area (Å²) in [7, 11) is 0. The third-order valence-electron chi connectivity index (χ3n) is 27.9. The minimum Gasteiger partial charge on any atom is -0.310 e. The van der Waals surface area contributed by atoms with Gasteiger partial charge >= 0.3 is 0 Å². The van der Waals surface area contributed by atoms with Gasteiger partial charge in [0.05, 0.1) is 10.8 Å². The monoisotopic (exact) mass is 1610 g/mol. The summed E-state index contributed by atoms with van der Waals surface area (Å²) >= 11 is 0. The molecule has 2 heteroatoms. The summed E-state index contributed by atoms with van der Waals surface area (Å²) in [5, 5.41) is 5.05. The first kappa shape index (κ1) is 75.5. The molecular formula is C124H90N2. The third-order valence-corrected chi connectivity index (χ3v) is 27.9. The molecule has 20 aromatic carbocycles. The van der Waals surface area contributed by atoms with E-state index in [2.05, 4.69) is 511 Å². The first-order valence-corrected chi connectivity index (χ1v) is 44.2. The van der Waals surface area contributed by atoms with E-state index in [4.69, 9.17) is 0 Å². The molecule has 2 nitrogen and oxygen atoms in total. The van der Waals surface area contributed by atoms with E-state index in [0.29, 0.717) is 0 Å². The molecule has 4 aliphatic rings. The summed E-state index contributed by atoms with van der Waals surface area (Å²) in [6.45, 7) is 9.59. The van der Waals surface area contributed by atoms with Crippen molar-refractivity contribution in [3.63, 3.8) is 0 Å². The van der Waals surface area contributed by atoms with E-state index in [1.165, 1.54) is 177 Å². The molecule has 0 aliphatic heterocycles. The van der Waals surface area contributed by atoms with Gasteiger partial charge in [0.1, 0.15) is 0 Å². The Morgan fingerprint density at radius 2 is 0.429 bits per heavy atom. The van der Waals surface area contributed by atoms with Gasteiger partial charge in [-0.3, -0.25) is 0 Å². The number of fused-ring (bicyclic) bond motifs is 14. The number of rotatable bonds is 14. The van der Waals surface area contributed by atoms with Crippen molar-refractivity contribution in [2.45, 2.75) is 49.4 Å². The van der Waals surface area contributed by atoms with Crippen molar-refractivity contribution < 1.29 is 0 Å². The summed E-state index contributed by atoms with van der Waals surface area (Å²) in [5.41, 5.74) is 41.7. The fraction of sp³-hybridized carbons (Fsp3) is 0.0645. The summed E-state index contributed by atoms with van der Waals surface area (Å²) in [4.78, 5) is 4.79. The SMILES string of the molecule is CC1(C)c2cc(-c3ccc4c(c3)C(c3ccccc3)(c3ccccc3)c3ccccc3-4)ccc2-c2ccc(N(c3ccccc3)c3ccc(-c4cccc5ccccc45)cc3)cc21.CC1(C)c2cc(-c3cccc4c3-c3ccccc3C4(c3ccccc3)c3ccccc3)ccc2-c2ccc(N(c3ccccc3)c3ccc(-c4cccc5ccccc45)cc3)cc21. The van der Waals surface area contributed by atoms with E-state index in [-0.39, 0.29) is 10.8 Å². The van der Waals surface area contributed by atoms with Gasteiger partial charge in [-0.1, -0.05) is 410 Å². The van der Waals surface area contributed by atoms with Crippen molar-refractivity contribution >= 4 is 55.7 Å². The van der Waals surface area contributed by atoms with Crippen molar-refractivity contribution in [2.75, 3.05) is 9.80 Å². The lowest BCUT2D eigenvalue weighted by Gasteiger charge is -2.34. The van der Waals surface area contributed by atoms with Gasteiger partial charge in [-0.25, -0.2) is 0 Å². The molecule has 0 radical (unpaired) electrons. The highest BCUT2D eigenvalue weighted by atomic mass is 15.1. The summed E-state index contributed by atoms with van der Waals surface area (Å²) in [5.74, 6) is 0. The second kappa shape index (κ2) is 30.2. The Morgan fingerprint density at radius 3 is 0.881 bits per heavy atom. The van der Waals surface area contributed by atoms with Crippen molar-refractivity contribution in [1.29, 1.82) is 0 Å². The summed E-state index contributed by atoms with van der Waals surface area (Å²) in [6, 6.07) is 175. The predicted octanol–water partition coefficient (Wildman–Crippen LogP) is 32.6. The van der Waals surface area contributed by atoms with Gasteiger partial charge in [0.15, 0.2) is 0 Å². The highest BCUT2D eigenvalue weighted by Crippen LogP contribution is 2.62. The van der Waals surface area contributed by atoms with E-state index in [9.17, 15) is 0 Å². The summed E-state index contributed by atoms with van der Waals surface area (Å²) < 4.78 is 0. The van der Waals surface area contributed by atoms with Gasteiger partial charge in [-0.15, -0.1) is 0 Å². The molecule has 0 aromatic heterocycles. The van der Waals surface area contributed by atoms with Crippen LogP contribution in [-0.2, 0) is 21.7 Å². The second-order valence-corrected chi connectivity index (χ2v) is 35.3. The van der Waals surface area contributed by atoms with Gasteiger partial charge in [0.2, 0.25) is 0 Å². The Kier molecular flexibility index (Phi) is 18.1. The molecule has 0 bridgehead atoms. The van der Waals surface area contributed by atoms with E-state index in [1.54, 1.807) is 0 Å². The van der Waals surface area contributed by atoms with Crippen LogP contribution >= 0.6 is 0 Å². The topological polar surface area (TPSA) is 6.48 Å². The predicted molar refractivity (Wildman–Crippen MR) is 529 cm³/mol. The zero-order valence-corrected chi connectivity index (χ0v) is 70.9. The Morgan fingerprint density at radius 1 is 0.159 bits per heavy atom. The molecule has 24 rings (SSSR count). The maximum atomic E-state index is 2.49. The van der Waals surface area contributed by atoms with Crippen LogP contribution in [0.2, 0.25) is 0 Å². The zero-order chi connectivity index (χ0) is 84.2. The maximum Gasteiger partial charge on any atom is 0.0713 e. The average molecular weight is 1610 g/mol. The highest BCUT2D eigenvalue weighted by Gasteiger charge is 2.49. The standard InChI is InChI=1S/2C62H45N/c1-61(2)58-40-44(52-29-17-31-57-60(52)55-27-14-15-30-56(55)62(57,45-20-6-3-7-21-45)46-22-8-4-9-23-46)34-38-53(58)54-39-37-49(41-59(54)61)63(47-24-10-5-11-25-47)48-35-32-43(33-36-48)51-28-16-19-42-18-12-13-26-50(42)51;1-61(2)58-39-44(45-32-37-56-53-26-14-15-28-57(53)62(60(56)40-45,46-19-6-3-7-20-46)47-21-8-4-9-22-47)31-36-54(58)55-38-35-50(41-59(55)61)63(48-23-10-5-11-24-48)49-33-29-43(30-34-49)52-27-16-18-42-17-12-13-25-51(42)52/h2*3-41H,1-2H3. The number of nitrogens with zero attached hydrogens (tertiary/aromatic N) is 2. The fourth-order valence-electron chi connectivity index (χ4n) is 22.0. The van der Waals surface area contributed by atoms with Crippen LogP contribution in [-0.4, -0.2) is 0 Å². The van der Waals surface area contributed by atoms with Gasteiger partial charge in [0, 0.05) is 45.0 Å². The number of anilines is 6. The normalized spacial score (nSPS) is 13.8. The van der Waals surface area contributed by atoms with E-state index in [1.807, 2.05) is 0 Å². The Hall–Kier alpha value is -15.5. The number of benzene rings is 20. The number of hydrogen-bond acceptors (Lipinski definition) is 2. The van der Waals surface area contributed by atoms with Crippen LogP contribution < -0.4 is 9.80 Å². The minimum absolute atomic E-state index is 0.220. The molecule has 0 amide bonds.